The first kappa shape index (κ1) is 18.4. The zero-order chi connectivity index (χ0) is 18.8. The number of amides is 1. The van der Waals surface area contributed by atoms with E-state index in [0.717, 1.165) is 28.0 Å². The van der Waals surface area contributed by atoms with Crippen molar-refractivity contribution in [3.63, 3.8) is 0 Å². The number of carbonyl (C=O) groups excluding carboxylic acids is 1. The zero-order valence-corrected chi connectivity index (χ0v) is 16.5. The first-order valence-corrected chi connectivity index (χ1v) is 10.9. The number of benzene rings is 1. The van der Waals surface area contributed by atoms with E-state index in [0.29, 0.717) is 24.6 Å². The summed E-state index contributed by atoms with van der Waals surface area (Å²) in [6.45, 7) is 2.76. The molecule has 0 unspecified atom stereocenters. The third kappa shape index (κ3) is 3.84. The summed E-state index contributed by atoms with van der Waals surface area (Å²) in [5, 5.41) is 13.0. The number of nitriles is 1. The fourth-order valence-corrected chi connectivity index (χ4v) is 5.83. The maximum Gasteiger partial charge on any atom is 0.230 e. The number of thioether (sulfide) groups is 1. The van der Waals surface area contributed by atoms with Crippen molar-refractivity contribution in [3.8, 4) is 6.07 Å². The van der Waals surface area contributed by atoms with Crippen molar-refractivity contribution in [2.75, 3.05) is 5.75 Å². The van der Waals surface area contributed by atoms with Crippen molar-refractivity contribution < 1.29 is 4.79 Å². The average Bonchev–Trinajstić information content (AvgIpc) is 3.38. The Bertz CT molecular complexity index is 871. The number of hydrogen-bond acceptors (Lipinski definition) is 4. The van der Waals surface area contributed by atoms with Crippen molar-refractivity contribution in [2.24, 2.45) is 17.8 Å². The lowest BCUT2D eigenvalue weighted by Gasteiger charge is -2.28. The largest absolute Gasteiger partial charge is 0.353 e. The van der Waals surface area contributed by atoms with Crippen LogP contribution in [0.5, 0.6) is 0 Å². The fraction of sp³-hybridized carbons (Fsp3) is 0.571. The minimum Gasteiger partial charge on any atom is -0.353 e. The van der Waals surface area contributed by atoms with Gasteiger partial charge in [-0.3, -0.25) is 4.79 Å². The van der Waals surface area contributed by atoms with Crippen LogP contribution in [0.3, 0.4) is 0 Å². The van der Waals surface area contributed by atoms with Crippen LogP contribution in [0, 0.1) is 29.1 Å². The molecule has 6 heteroatoms. The number of nitrogens with one attached hydrogen (secondary N) is 1. The van der Waals surface area contributed by atoms with Gasteiger partial charge in [-0.1, -0.05) is 30.3 Å². The van der Waals surface area contributed by atoms with Crippen LogP contribution < -0.4 is 5.32 Å². The van der Waals surface area contributed by atoms with E-state index < -0.39 is 0 Å². The first-order valence-electron chi connectivity index (χ1n) is 9.90. The Hall–Kier alpha value is -2.00. The standard InChI is InChI=1S/C21H26N4OS/c1-14(17-12-15-7-8-16(17)11-15)23-20(26)13-27-21-24-18-5-2-3-6-19(18)25(21)10-4-9-22/h2-3,5-6,14-17H,4,7-8,10-13H2,1H3,(H,23,26)/t14-,15-,16-,17+/m0/s1. The summed E-state index contributed by atoms with van der Waals surface area (Å²) in [7, 11) is 0. The predicted molar refractivity (Wildman–Crippen MR) is 107 cm³/mol. The Labute approximate surface area is 164 Å². The lowest BCUT2D eigenvalue weighted by Crippen LogP contribution is -2.40. The van der Waals surface area contributed by atoms with E-state index in [4.69, 9.17) is 5.26 Å². The third-order valence-corrected chi connectivity index (χ3v) is 7.20. The van der Waals surface area contributed by atoms with E-state index in [1.54, 1.807) is 0 Å². The van der Waals surface area contributed by atoms with Crippen LogP contribution in [0.25, 0.3) is 11.0 Å². The van der Waals surface area contributed by atoms with Crippen LogP contribution in [-0.2, 0) is 11.3 Å². The molecule has 1 aromatic carbocycles. The highest BCUT2D eigenvalue weighted by Gasteiger charge is 2.42. The Morgan fingerprint density at radius 3 is 3.00 bits per heavy atom. The van der Waals surface area contributed by atoms with Crippen LogP contribution >= 0.6 is 11.8 Å². The second-order valence-electron chi connectivity index (χ2n) is 7.93. The van der Waals surface area contributed by atoms with Gasteiger partial charge in [0.25, 0.3) is 0 Å². The predicted octanol–water partition coefficient (Wildman–Crippen LogP) is 3.98. The van der Waals surface area contributed by atoms with Gasteiger partial charge in [0.1, 0.15) is 0 Å². The summed E-state index contributed by atoms with van der Waals surface area (Å²) < 4.78 is 2.05. The maximum atomic E-state index is 12.5. The van der Waals surface area contributed by atoms with Gasteiger partial charge in [-0.15, -0.1) is 0 Å². The lowest BCUT2D eigenvalue weighted by molar-refractivity contribution is -0.119. The Balaban J connectivity index is 1.38. The summed E-state index contributed by atoms with van der Waals surface area (Å²) >= 11 is 1.46. The highest BCUT2D eigenvalue weighted by molar-refractivity contribution is 7.99. The van der Waals surface area contributed by atoms with Crippen molar-refractivity contribution in [2.45, 2.75) is 56.8 Å². The lowest BCUT2D eigenvalue weighted by atomic mass is 9.84. The molecule has 4 rings (SSSR count). The summed E-state index contributed by atoms with van der Waals surface area (Å²) in [5.41, 5.74) is 1.93. The van der Waals surface area contributed by atoms with Crippen molar-refractivity contribution in [3.05, 3.63) is 24.3 Å². The molecule has 2 saturated carbocycles. The summed E-state index contributed by atoms with van der Waals surface area (Å²) in [4.78, 5) is 17.2. The number of imidazole rings is 1. The van der Waals surface area contributed by atoms with Gasteiger partial charge in [-0.2, -0.15) is 5.26 Å². The van der Waals surface area contributed by atoms with E-state index in [1.807, 2.05) is 24.3 Å². The summed E-state index contributed by atoms with van der Waals surface area (Å²) in [6, 6.07) is 10.4. The van der Waals surface area contributed by atoms with Crippen LogP contribution in [0.4, 0.5) is 0 Å². The highest BCUT2D eigenvalue weighted by atomic mass is 32.2. The summed E-state index contributed by atoms with van der Waals surface area (Å²) in [6.07, 6.45) is 5.80. The van der Waals surface area contributed by atoms with Gasteiger partial charge in [0.15, 0.2) is 5.16 Å². The van der Waals surface area contributed by atoms with Gasteiger partial charge < -0.3 is 9.88 Å². The number of nitrogens with zero attached hydrogens (tertiary/aromatic N) is 3. The smallest absolute Gasteiger partial charge is 0.230 e. The number of carbonyl (C=O) groups is 1. The van der Waals surface area contributed by atoms with Gasteiger partial charge in [0.05, 0.1) is 29.3 Å². The van der Waals surface area contributed by atoms with Crippen LogP contribution in [0.15, 0.2) is 29.4 Å². The number of aryl methyl sites for hydroxylation is 1. The maximum absolute atomic E-state index is 12.5. The van der Waals surface area contributed by atoms with Crippen LogP contribution in [0.1, 0.15) is 39.0 Å². The molecule has 142 valence electrons. The summed E-state index contributed by atoms with van der Waals surface area (Å²) in [5.74, 6) is 2.80. The molecule has 1 N–H and O–H groups in total. The highest BCUT2D eigenvalue weighted by Crippen LogP contribution is 2.49. The SMILES string of the molecule is C[C@H](NC(=O)CSc1nc2ccccc2n1CCC#N)[C@H]1C[C@H]2CC[C@H]1C2. The number of fused-ring (bicyclic) bond motifs is 3. The Morgan fingerprint density at radius 1 is 1.41 bits per heavy atom. The fourth-order valence-electron chi connectivity index (χ4n) is 4.98. The van der Waals surface area contributed by atoms with Crippen LogP contribution in [-0.4, -0.2) is 27.3 Å². The zero-order valence-electron chi connectivity index (χ0n) is 15.7. The molecule has 1 heterocycles. The van der Waals surface area contributed by atoms with E-state index in [-0.39, 0.29) is 11.9 Å². The molecule has 1 amide bonds. The third-order valence-electron chi connectivity index (χ3n) is 6.22. The second-order valence-corrected chi connectivity index (χ2v) is 8.87. The van der Waals surface area contributed by atoms with Crippen molar-refractivity contribution in [1.82, 2.24) is 14.9 Å². The normalized spacial score (nSPS) is 24.8. The molecule has 0 aliphatic heterocycles. The number of hydrogen-bond donors (Lipinski definition) is 1. The molecule has 0 saturated heterocycles. The molecule has 2 aromatic rings. The van der Waals surface area contributed by atoms with Gasteiger partial charge in [-0.25, -0.2) is 4.98 Å². The molecule has 27 heavy (non-hydrogen) atoms. The number of aromatic nitrogens is 2. The molecule has 4 atom stereocenters. The van der Waals surface area contributed by atoms with Crippen LogP contribution in [0.2, 0.25) is 0 Å². The molecule has 2 aliphatic rings. The number of para-hydroxylation sites is 2. The molecular weight excluding hydrogens is 356 g/mol. The van der Waals surface area contributed by atoms with Gasteiger partial charge >= 0.3 is 0 Å². The first-order chi connectivity index (χ1) is 13.2. The Kier molecular flexibility index (Phi) is 5.40. The second kappa shape index (κ2) is 7.93. The van der Waals surface area contributed by atoms with Crippen molar-refractivity contribution >= 4 is 28.7 Å². The molecule has 5 nitrogen and oxygen atoms in total. The topological polar surface area (TPSA) is 70.7 Å². The van der Waals surface area contributed by atoms with Gasteiger partial charge in [0.2, 0.25) is 5.91 Å². The van der Waals surface area contributed by atoms with Crippen molar-refractivity contribution in [1.29, 1.82) is 5.26 Å². The average molecular weight is 383 g/mol. The van der Waals surface area contributed by atoms with E-state index in [2.05, 4.69) is 27.9 Å². The molecule has 2 fully saturated rings. The monoisotopic (exact) mass is 382 g/mol. The van der Waals surface area contributed by atoms with E-state index in [9.17, 15) is 4.79 Å². The Morgan fingerprint density at radius 2 is 2.26 bits per heavy atom. The van der Waals surface area contributed by atoms with E-state index >= 15 is 0 Å². The quantitative estimate of drug-likeness (QED) is 0.735. The molecular formula is C21H26N4OS. The van der Waals surface area contributed by atoms with Gasteiger partial charge in [-0.05, 0) is 56.1 Å². The van der Waals surface area contributed by atoms with Gasteiger partial charge in [0, 0.05) is 12.6 Å². The molecule has 2 bridgehead atoms. The molecule has 1 aromatic heterocycles. The van der Waals surface area contributed by atoms with E-state index in [1.165, 1.54) is 37.4 Å². The molecule has 0 radical (unpaired) electrons. The minimum atomic E-state index is 0.0779. The minimum absolute atomic E-state index is 0.0779. The molecule has 2 aliphatic carbocycles. The number of rotatable bonds is 7. The molecule has 0 spiro atoms.